The normalized spacial score (nSPS) is 13.4. The molecule has 174 valence electrons. The number of aromatic nitrogens is 2. The van der Waals surface area contributed by atoms with Crippen molar-refractivity contribution in [3.63, 3.8) is 0 Å². The topological polar surface area (TPSA) is 56.5 Å². The lowest BCUT2D eigenvalue weighted by atomic mass is 10.0. The first-order chi connectivity index (χ1) is 16.1. The Labute approximate surface area is 194 Å². The van der Waals surface area contributed by atoms with Gasteiger partial charge in [-0.05, 0) is 55.3 Å². The van der Waals surface area contributed by atoms with Gasteiger partial charge >= 0.3 is 6.18 Å². The van der Waals surface area contributed by atoms with Gasteiger partial charge in [-0.25, -0.2) is 4.98 Å². The Hall–Kier alpha value is -3.78. The number of rotatable bonds is 4. The van der Waals surface area contributed by atoms with Crippen molar-refractivity contribution in [2.45, 2.75) is 25.6 Å². The predicted octanol–water partition coefficient (Wildman–Crippen LogP) is 6.18. The lowest BCUT2D eigenvalue weighted by Crippen LogP contribution is -2.15. The minimum absolute atomic E-state index is 0.0645. The Morgan fingerprint density at radius 1 is 0.882 bits per heavy atom. The highest BCUT2D eigenvalue weighted by atomic mass is 19.4. The van der Waals surface area contributed by atoms with E-state index in [0.717, 1.165) is 17.2 Å². The first-order valence-corrected chi connectivity index (χ1v) is 10.6. The van der Waals surface area contributed by atoms with Crippen molar-refractivity contribution in [1.29, 1.82) is 0 Å². The zero-order valence-electron chi connectivity index (χ0n) is 18.4. The van der Waals surface area contributed by atoms with E-state index in [1.165, 1.54) is 18.2 Å². The second kappa shape index (κ2) is 7.92. The predicted molar refractivity (Wildman–Crippen MR) is 121 cm³/mol. The third-order valence-electron chi connectivity index (χ3n) is 5.66. The zero-order chi connectivity index (χ0) is 24.1. The smallest absolute Gasteiger partial charge is 0.417 e. The Bertz CT molecular complexity index is 1350. The van der Waals surface area contributed by atoms with E-state index in [9.17, 15) is 18.3 Å². The molecule has 0 saturated carbocycles. The highest BCUT2D eigenvalue weighted by Gasteiger charge is 2.35. The summed E-state index contributed by atoms with van der Waals surface area (Å²) in [5.41, 5.74) is 0.508. The first kappa shape index (κ1) is 22.0. The van der Waals surface area contributed by atoms with Gasteiger partial charge in [0.15, 0.2) is 11.5 Å². The van der Waals surface area contributed by atoms with Gasteiger partial charge in [-0.15, -0.1) is 0 Å². The zero-order valence-corrected chi connectivity index (χ0v) is 18.4. The van der Waals surface area contributed by atoms with Crippen LogP contribution in [-0.2, 0) is 11.8 Å². The summed E-state index contributed by atoms with van der Waals surface area (Å²) < 4.78 is 53.6. The molecule has 5 nitrogen and oxygen atoms in total. The van der Waals surface area contributed by atoms with E-state index in [1.54, 1.807) is 36.7 Å². The van der Waals surface area contributed by atoms with Gasteiger partial charge in [0.2, 0.25) is 6.79 Å². The molecule has 0 spiro atoms. The Balaban J connectivity index is 1.60. The fraction of sp³-hybridized carbons (Fsp3) is 0.192. The van der Waals surface area contributed by atoms with E-state index < -0.39 is 17.3 Å². The van der Waals surface area contributed by atoms with Crippen LogP contribution in [-0.4, -0.2) is 21.5 Å². The lowest BCUT2D eigenvalue weighted by Gasteiger charge is -2.14. The lowest BCUT2D eigenvalue weighted by molar-refractivity contribution is -0.137. The van der Waals surface area contributed by atoms with Gasteiger partial charge in [0.25, 0.3) is 0 Å². The fourth-order valence-electron chi connectivity index (χ4n) is 3.88. The molecule has 1 aliphatic rings. The molecule has 2 heterocycles. The number of benzene rings is 3. The van der Waals surface area contributed by atoms with Gasteiger partial charge in [0, 0.05) is 17.4 Å². The average molecular weight is 466 g/mol. The largest absolute Gasteiger partial charge is 0.454 e. The number of alkyl halides is 3. The third-order valence-corrected chi connectivity index (χ3v) is 5.66. The van der Waals surface area contributed by atoms with Gasteiger partial charge in [-0.2, -0.15) is 13.2 Å². The van der Waals surface area contributed by atoms with Crippen molar-refractivity contribution < 1.29 is 27.8 Å². The Kier molecular flexibility index (Phi) is 5.13. The molecule has 8 heteroatoms. The van der Waals surface area contributed by atoms with Crippen LogP contribution in [0.15, 0.2) is 72.9 Å². The maximum Gasteiger partial charge on any atom is 0.417 e. The van der Waals surface area contributed by atoms with Gasteiger partial charge < -0.3 is 14.6 Å². The van der Waals surface area contributed by atoms with Gasteiger partial charge in [0.1, 0.15) is 11.4 Å². The minimum Gasteiger partial charge on any atom is -0.454 e. The number of halogens is 3. The van der Waals surface area contributed by atoms with E-state index in [0.29, 0.717) is 17.2 Å². The molecule has 0 bridgehead atoms. The van der Waals surface area contributed by atoms with E-state index >= 15 is 0 Å². The first-order valence-electron chi connectivity index (χ1n) is 10.6. The van der Waals surface area contributed by atoms with Crippen molar-refractivity contribution >= 4 is 0 Å². The average Bonchev–Trinajstić information content (AvgIpc) is 3.45. The standard InChI is InChI=1S/C26H21F3N2O3/c1-25(2,32)23-14-31(24(30-23)19-5-3-4-6-20(19)26(27,28)29)18-10-7-16(8-11-18)17-9-12-21-22(13-17)34-15-33-21/h3-14,32H,15H2,1-2H3. The van der Waals surface area contributed by atoms with Crippen LogP contribution in [0.2, 0.25) is 0 Å². The highest BCUT2D eigenvalue weighted by Crippen LogP contribution is 2.39. The van der Waals surface area contributed by atoms with Gasteiger partial charge in [-0.3, -0.25) is 4.57 Å². The number of imidazole rings is 1. The van der Waals surface area contributed by atoms with Crippen molar-refractivity contribution in [2.24, 2.45) is 0 Å². The minimum atomic E-state index is -4.55. The van der Waals surface area contributed by atoms with Crippen molar-refractivity contribution in [3.05, 3.63) is 84.2 Å². The molecule has 0 amide bonds. The summed E-state index contributed by atoms with van der Waals surface area (Å²) in [6, 6.07) is 18.3. The molecule has 1 aliphatic heterocycles. The quantitative estimate of drug-likeness (QED) is 0.390. The molecule has 3 aromatic carbocycles. The van der Waals surface area contributed by atoms with Gasteiger partial charge in [-0.1, -0.05) is 36.4 Å². The molecule has 0 atom stereocenters. The molecule has 4 aromatic rings. The number of nitrogens with zero attached hydrogens (tertiary/aromatic N) is 2. The number of aliphatic hydroxyl groups is 1. The number of fused-ring (bicyclic) bond motifs is 1. The monoisotopic (exact) mass is 466 g/mol. The molecule has 0 aliphatic carbocycles. The molecular weight excluding hydrogens is 445 g/mol. The van der Waals surface area contributed by atoms with Crippen LogP contribution in [0.25, 0.3) is 28.2 Å². The van der Waals surface area contributed by atoms with Crippen LogP contribution in [0.5, 0.6) is 11.5 Å². The van der Waals surface area contributed by atoms with E-state index in [-0.39, 0.29) is 23.9 Å². The highest BCUT2D eigenvalue weighted by molar-refractivity contribution is 5.70. The van der Waals surface area contributed by atoms with E-state index in [1.807, 2.05) is 30.3 Å². The van der Waals surface area contributed by atoms with Crippen molar-refractivity contribution in [3.8, 4) is 39.7 Å². The maximum atomic E-state index is 13.7. The summed E-state index contributed by atoms with van der Waals surface area (Å²) >= 11 is 0. The SMILES string of the molecule is CC(C)(O)c1cn(-c2ccc(-c3ccc4c(c3)OCO4)cc2)c(-c2ccccc2C(F)(F)F)n1. The fourth-order valence-corrected chi connectivity index (χ4v) is 3.88. The van der Waals surface area contributed by atoms with Crippen LogP contribution >= 0.6 is 0 Å². The summed E-state index contributed by atoms with van der Waals surface area (Å²) in [7, 11) is 0. The third kappa shape index (κ3) is 4.01. The molecule has 0 fully saturated rings. The van der Waals surface area contributed by atoms with E-state index in [4.69, 9.17) is 9.47 Å². The molecule has 5 rings (SSSR count). The molecule has 1 aromatic heterocycles. The summed E-state index contributed by atoms with van der Waals surface area (Å²) in [6.45, 7) is 3.27. The van der Waals surface area contributed by atoms with Crippen molar-refractivity contribution in [1.82, 2.24) is 9.55 Å². The van der Waals surface area contributed by atoms with E-state index in [2.05, 4.69) is 4.98 Å². The second-order valence-electron chi connectivity index (χ2n) is 8.54. The summed E-state index contributed by atoms with van der Waals surface area (Å²) in [5, 5.41) is 10.5. The summed E-state index contributed by atoms with van der Waals surface area (Å²) in [6.07, 6.45) is -2.98. The Morgan fingerprint density at radius 3 is 2.26 bits per heavy atom. The summed E-state index contributed by atoms with van der Waals surface area (Å²) in [4.78, 5) is 4.40. The number of hydrogen-bond acceptors (Lipinski definition) is 4. The number of hydrogen-bond donors (Lipinski definition) is 1. The van der Waals surface area contributed by atoms with Crippen LogP contribution in [0.1, 0.15) is 25.1 Å². The molecule has 1 N–H and O–H groups in total. The molecular formula is C26H21F3N2O3. The summed E-state index contributed by atoms with van der Waals surface area (Å²) in [5.74, 6) is 1.45. The van der Waals surface area contributed by atoms with Crippen molar-refractivity contribution in [2.75, 3.05) is 6.79 Å². The second-order valence-corrected chi connectivity index (χ2v) is 8.54. The maximum absolute atomic E-state index is 13.7. The molecule has 0 saturated heterocycles. The molecule has 0 radical (unpaired) electrons. The van der Waals surface area contributed by atoms with Crippen LogP contribution in [0.3, 0.4) is 0 Å². The van der Waals surface area contributed by atoms with Gasteiger partial charge in [0.05, 0.1) is 11.3 Å². The Morgan fingerprint density at radius 2 is 1.56 bits per heavy atom. The molecule has 34 heavy (non-hydrogen) atoms. The van der Waals surface area contributed by atoms with Crippen LogP contribution in [0.4, 0.5) is 13.2 Å². The van der Waals surface area contributed by atoms with Crippen LogP contribution < -0.4 is 9.47 Å². The molecule has 0 unspecified atom stereocenters. The number of ether oxygens (including phenoxy) is 2. The van der Waals surface area contributed by atoms with Crippen LogP contribution in [0, 0.1) is 0 Å².